The van der Waals surface area contributed by atoms with Crippen molar-refractivity contribution < 1.29 is 23.7 Å². The zero-order valence-corrected chi connectivity index (χ0v) is 14.3. The average Bonchev–Trinajstić information content (AvgIpc) is 2.93. The van der Waals surface area contributed by atoms with E-state index >= 15 is 0 Å². The van der Waals surface area contributed by atoms with Gasteiger partial charge >= 0.3 is 6.03 Å². The fraction of sp³-hybridized carbons (Fsp3) is 0.667. The number of amides is 4. The van der Waals surface area contributed by atoms with Crippen molar-refractivity contribution in [3.8, 4) is 0 Å². The number of nitrogens with zero attached hydrogens (tertiary/aromatic N) is 5. The number of carbonyl (C=O) groups excluding carboxylic acids is 3. The molecule has 130 valence electrons. The second kappa shape index (κ2) is 5.97. The summed E-state index contributed by atoms with van der Waals surface area (Å²) in [5.74, 6) is -0.0959. The van der Waals surface area contributed by atoms with Gasteiger partial charge < -0.3 is 9.64 Å². The molecule has 0 aliphatic carbocycles. The zero-order chi connectivity index (χ0) is 17.6. The summed E-state index contributed by atoms with van der Waals surface area (Å²) in [5.41, 5.74) is 0. The third kappa shape index (κ3) is 2.68. The van der Waals surface area contributed by atoms with E-state index in [4.69, 9.17) is 4.74 Å². The first-order valence-electron chi connectivity index (χ1n) is 7.95. The number of hydrogen-bond donors (Lipinski definition) is 0. The molecule has 3 rings (SSSR count). The number of ether oxygens (including phenoxy) is 1. The molecule has 3 aliphatic rings. The SMILES string of the molecule is CC1CN(C(=O)C[N+]2=CN=C3C2C(=O)N(C)C(=O)N3C)CC(C)O1. The Labute approximate surface area is 140 Å². The molecule has 0 bridgehead atoms. The van der Waals surface area contributed by atoms with E-state index in [1.807, 2.05) is 13.8 Å². The largest absolute Gasteiger partial charge is 0.372 e. The molecule has 4 amide bonds. The number of imide groups is 1. The van der Waals surface area contributed by atoms with Crippen LogP contribution in [-0.2, 0) is 14.3 Å². The maximum atomic E-state index is 12.6. The molecule has 9 heteroatoms. The summed E-state index contributed by atoms with van der Waals surface area (Å²) < 4.78 is 7.22. The molecule has 2 fully saturated rings. The average molecular weight is 336 g/mol. The first kappa shape index (κ1) is 16.6. The lowest BCUT2D eigenvalue weighted by molar-refractivity contribution is -0.520. The van der Waals surface area contributed by atoms with Crippen LogP contribution in [0.25, 0.3) is 0 Å². The number of carbonyl (C=O) groups is 3. The van der Waals surface area contributed by atoms with Crippen molar-refractivity contribution in [3.63, 3.8) is 0 Å². The van der Waals surface area contributed by atoms with Gasteiger partial charge in [-0.15, -0.1) is 0 Å². The van der Waals surface area contributed by atoms with Crippen molar-refractivity contribution in [3.05, 3.63) is 0 Å². The fourth-order valence-electron chi connectivity index (χ4n) is 3.31. The second-order valence-corrected chi connectivity index (χ2v) is 6.47. The van der Waals surface area contributed by atoms with Gasteiger partial charge in [0.1, 0.15) is 0 Å². The molecule has 3 atom stereocenters. The number of fused-ring (bicyclic) bond motifs is 1. The summed E-state index contributed by atoms with van der Waals surface area (Å²) in [4.78, 5) is 45.3. The van der Waals surface area contributed by atoms with Gasteiger partial charge in [0.05, 0.1) is 12.2 Å². The van der Waals surface area contributed by atoms with Gasteiger partial charge in [0.15, 0.2) is 6.54 Å². The number of likely N-dealkylation sites (N-methyl/N-ethyl adjacent to an activating group) is 2. The monoisotopic (exact) mass is 336 g/mol. The molecule has 0 radical (unpaired) electrons. The molecule has 0 aromatic carbocycles. The molecule has 24 heavy (non-hydrogen) atoms. The van der Waals surface area contributed by atoms with E-state index in [0.717, 1.165) is 4.90 Å². The van der Waals surface area contributed by atoms with Crippen LogP contribution in [0.5, 0.6) is 0 Å². The van der Waals surface area contributed by atoms with Gasteiger partial charge in [-0.05, 0) is 18.8 Å². The molecule has 0 saturated carbocycles. The van der Waals surface area contributed by atoms with Gasteiger partial charge in [0.2, 0.25) is 0 Å². The predicted octanol–water partition coefficient (Wildman–Crippen LogP) is -1.03. The number of morpholine rings is 1. The van der Waals surface area contributed by atoms with Crippen LogP contribution in [0.15, 0.2) is 4.99 Å². The number of urea groups is 1. The number of hydrogen-bond acceptors (Lipinski definition) is 5. The zero-order valence-electron chi connectivity index (χ0n) is 14.3. The fourth-order valence-corrected chi connectivity index (χ4v) is 3.31. The van der Waals surface area contributed by atoms with E-state index in [-0.39, 0.29) is 30.6 Å². The first-order valence-corrected chi connectivity index (χ1v) is 7.95. The van der Waals surface area contributed by atoms with Crippen LogP contribution < -0.4 is 0 Å². The van der Waals surface area contributed by atoms with Crippen molar-refractivity contribution in [1.29, 1.82) is 0 Å². The Bertz CT molecular complexity index is 648. The van der Waals surface area contributed by atoms with Crippen LogP contribution in [0, 0.1) is 0 Å². The highest BCUT2D eigenvalue weighted by molar-refractivity contribution is 6.21. The summed E-state index contributed by atoms with van der Waals surface area (Å²) in [6, 6.07) is -1.15. The van der Waals surface area contributed by atoms with Crippen LogP contribution in [0.1, 0.15) is 13.8 Å². The van der Waals surface area contributed by atoms with E-state index in [0.29, 0.717) is 18.9 Å². The molecule has 0 aromatic heterocycles. The molecule has 3 heterocycles. The Morgan fingerprint density at radius 2 is 1.88 bits per heavy atom. The topological polar surface area (TPSA) is 85.5 Å². The lowest BCUT2D eigenvalue weighted by Gasteiger charge is -2.35. The molecule has 0 N–H and O–H groups in total. The Morgan fingerprint density at radius 1 is 1.25 bits per heavy atom. The molecular weight excluding hydrogens is 314 g/mol. The van der Waals surface area contributed by atoms with E-state index in [1.54, 1.807) is 16.5 Å². The third-order valence-electron chi connectivity index (χ3n) is 4.49. The Kier molecular flexibility index (Phi) is 4.12. The Morgan fingerprint density at radius 3 is 2.50 bits per heavy atom. The highest BCUT2D eigenvalue weighted by Crippen LogP contribution is 2.17. The minimum atomic E-state index is -0.725. The standard InChI is InChI=1S/C15H22N5O4/c1-9-5-19(6-10(2)24-9)11(21)7-20-8-16-13-12(20)14(22)18(4)15(23)17(13)3/h8-10,12H,5-7H2,1-4H3/q+1. The maximum Gasteiger partial charge on any atom is 0.333 e. The highest BCUT2D eigenvalue weighted by Gasteiger charge is 2.51. The van der Waals surface area contributed by atoms with E-state index in [2.05, 4.69) is 4.99 Å². The van der Waals surface area contributed by atoms with Gasteiger partial charge in [-0.1, -0.05) is 0 Å². The molecule has 3 aliphatic heterocycles. The van der Waals surface area contributed by atoms with Gasteiger partial charge in [-0.3, -0.25) is 19.4 Å². The summed E-state index contributed by atoms with van der Waals surface area (Å²) in [6.45, 7) is 4.96. The number of amidine groups is 1. The normalized spacial score (nSPS) is 30.3. The van der Waals surface area contributed by atoms with Gasteiger partial charge in [-0.2, -0.15) is 0 Å². The van der Waals surface area contributed by atoms with Crippen molar-refractivity contribution >= 4 is 30.0 Å². The third-order valence-corrected chi connectivity index (χ3v) is 4.49. The highest BCUT2D eigenvalue weighted by atomic mass is 16.5. The molecular formula is C15H22N5O4+. The van der Waals surface area contributed by atoms with E-state index in [9.17, 15) is 14.4 Å². The number of rotatable bonds is 2. The van der Waals surface area contributed by atoms with Crippen LogP contribution in [0.3, 0.4) is 0 Å². The van der Waals surface area contributed by atoms with Crippen LogP contribution in [-0.4, -0.2) is 101 Å². The van der Waals surface area contributed by atoms with Crippen molar-refractivity contribution in [2.75, 3.05) is 33.7 Å². The van der Waals surface area contributed by atoms with Crippen LogP contribution >= 0.6 is 0 Å². The first-order chi connectivity index (χ1) is 11.3. The van der Waals surface area contributed by atoms with Gasteiger partial charge in [-0.25, -0.2) is 9.37 Å². The molecule has 0 aromatic rings. The Balaban J connectivity index is 1.72. The lowest BCUT2D eigenvalue weighted by atomic mass is 10.1. The molecule has 0 spiro atoms. The van der Waals surface area contributed by atoms with Crippen LogP contribution in [0.2, 0.25) is 0 Å². The minimum absolute atomic E-state index is 0.0155. The molecule has 9 nitrogen and oxygen atoms in total. The minimum Gasteiger partial charge on any atom is -0.372 e. The van der Waals surface area contributed by atoms with Crippen molar-refractivity contribution in [2.24, 2.45) is 4.99 Å². The maximum absolute atomic E-state index is 12.6. The van der Waals surface area contributed by atoms with Gasteiger partial charge in [0, 0.05) is 27.2 Å². The number of aliphatic imine (C=N–C) groups is 1. The van der Waals surface area contributed by atoms with E-state index in [1.165, 1.54) is 18.3 Å². The lowest BCUT2D eigenvalue weighted by Crippen LogP contribution is -2.62. The summed E-state index contributed by atoms with van der Waals surface area (Å²) in [5, 5.41) is 0. The summed E-state index contributed by atoms with van der Waals surface area (Å²) in [6.07, 6.45) is 1.43. The quantitative estimate of drug-likeness (QED) is 0.603. The van der Waals surface area contributed by atoms with Crippen LogP contribution in [0.4, 0.5) is 4.79 Å². The van der Waals surface area contributed by atoms with E-state index < -0.39 is 12.1 Å². The second-order valence-electron chi connectivity index (χ2n) is 6.47. The Hall–Kier alpha value is -2.29. The molecule has 2 saturated heterocycles. The smallest absolute Gasteiger partial charge is 0.333 e. The van der Waals surface area contributed by atoms with Gasteiger partial charge in [0.25, 0.3) is 30.0 Å². The summed E-state index contributed by atoms with van der Waals surface area (Å²) in [7, 11) is 3.00. The van der Waals surface area contributed by atoms with Crippen molar-refractivity contribution in [1.82, 2.24) is 14.7 Å². The van der Waals surface area contributed by atoms with Crippen molar-refractivity contribution in [2.45, 2.75) is 32.1 Å². The summed E-state index contributed by atoms with van der Waals surface area (Å²) >= 11 is 0. The molecule has 3 unspecified atom stereocenters. The predicted molar refractivity (Wildman–Crippen MR) is 84.9 cm³/mol.